The van der Waals surface area contributed by atoms with Crippen LogP contribution in [0.3, 0.4) is 0 Å². The average Bonchev–Trinajstić information content (AvgIpc) is 3.59. The third-order valence-electron chi connectivity index (χ3n) is 7.09. The summed E-state index contributed by atoms with van der Waals surface area (Å²) in [6, 6.07) is 16.4. The first kappa shape index (κ1) is 21.0. The number of benzene rings is 1. The van der Waals surface area contributed by atoms with Gasteiger partial charge in [0.05, 0.1) is 23.1 Å². The minimum absolute atomic E-state index is 0.0939. The second-order valence-electron chi connectivity index (χ2n) is 9.20. The number of likely N-dealkylation sites (tertiary alicyclic amines) is 1. The number of piperidine rings is 1. The molecule has 4 aromatic rings. The second-order valence-corrected chi connectivity index (χ2v) is 9.20. The number of nitrogens with one attached hydrogen (secondary N) is 1. The molecule has 0 unspecified atom stereocenters. The number of rotatable bonds is 4. The predicted molar refractivity (Wildman–Crippen MR) is 131 cm³/mol. The first-order valence-electron chi connectivity index (χ1n) is 12.2. The van der Waals surface area contributed by atoms with E-state index in [1.807, 2.05) is 54.7 Å². The van der Waals surface area contributed by atoms with Gasteiger partial charge in [-0.25, -0.2) is 9.50 Å². The normalized spacial score (nSPS) is 20.6. The lowest BCUT2D eigenvalue weighted by Crippen LogP contribution is -2.52. The molecule has 1 amide bonds. The summed E-state index contributed by atoms with van der Waals surface area (Å²) in [4.78, 5) is 25.2. The van der Waals surface area contributed by atoms with E-state index in [2.05, 4.69) is 20.3 Å². The van der Waals surface area contributed by atoms with E-state index in [0.717, 1.165) is 54.8 Å². The van der Waals surface area contributed by atoms with E-state index in [-0.39, 0.29) is 11.9 Å². The Balaban J connectivity index is 1.33. The number of amides is 1. The minimum Gasteiger partial charge on any atom is -0.334 e. The van der Waals surface area contributed by atoms with Crippen molar-refractivity contribution in [2.24, 2.45) is 0 Å². The van der Waals surface area contributed by atoms with E-state index in [0.29, 0.717) is 17.3 Å². The summed E-state index contributed by atoms with van der Waals surface area (Å²) in [5, 5.41) is 8.08. The Morgan fingerprint density at radius 3 is 2.76 bits per heavy atom. The summed E-state index contributed by atoms with van der Waals surface area (Å²) < 4.78 is 1.75. The van der Waals surface area contributed by atoms with E-state index in [9.17, 15) is 4.79 Å². The number of aromatic nitrogens is 4. The van der Waals surface area contributed by atoms with E-state index >= 15 is 0 Å². The third-order valence-corrected chi connectivity index (χ3v) is 7.09. The molecule has 1 N–H and O–H groups in total. The lowest BCUT2D eigenvalue weighted by molar-refractivity contribution is 0.0563. The first-order valence-corrected chi connectivity index (χ1v) is 12.2. The van der Waals surface area contributed by atoms with Gasteiger partial charge in [-0.15, -0.1) is 0 Å². The van der Waals surface area contributed by atoms with Crippen LogP contribution >= 0.6 is 0 Å². The number of hydrogen-bond acceptors (Lipinski definition) is 5. The summed E-state index contributed by atoms with van der Waals surface area (Å²) >= 11 is 0. The van der Waals surface area contributed by atoms with Crippen LogP contribution in [-0.2, 0) is 0 Å². The standard InChI is InChI=1S/C27H28N6O/c34-27(32-15-5-4-10-25(32)23-9-6-13-28-23)20-11-14-29-24(17-20)21-18-30-33-16-12-22(31-26(21)33)19-7-2-1-3-8-19/h1-3,7-8,11-12,14,16-18,23,25,28H,4-6,9-10,13,15H2/t23-,25+/m0/s1. The van der Waals surface area contributed by atoms with Crippen LogP contribution in [0, 0.1) is 0 Å². The van der Waals surface area contributed by atoms with Gasteiger partial charge < -0.3 is 10.2 Å². The monoisotopic (exact) mass is 452 g/mol. The summed E-state index contributed by atoms with van der Waals surface area (Å²) in [5.74, 6) is 0.0939. The van der Waals surface area contributed by atoms with Crippen molar-refractivity contribution in [3.05, 3.63) is 72.7 Å². The Kier molecular flexibility index (Phi) is 5.55. The maximum atomic E-state index is 13.6. The molecule has 34 heavy (non-hydrogen) atoms. The van der Waals surface area contributed by atoms with Crippen molar-refractivity contribution in [3.8, 4) is 22.5 Å². The molecule has 5 heterocycles. The van der Waals surface area contributed by atoms with Crippen LogP contribution in [0.25, 0.3) is 28.2 Å². The lowest BCUT2D eigenvalue weighted by Gasteiger charge is -2.39. The van der Waals surface area contributed by atoms with Gasteiger partial charge in [-0.1, -0.05) is 30.3 Å². The molecule has 0 bridgehead atoms. The number of pyridine rings is 1. The zero-order valence-corrected chi connectivity index (χ0v) is 19.1. The Morgan fingerprint density at radius 2 is 1.91 bits per heavy atom. The van der Waals surface area contributed by atoms with Gasteiger partial charge in [-0.2, -0.15) is 5.10 Å². The molecule has 7 nitrogen and oxygen atoms in total. The Hall–Kier alpha value is -3.58. The van der Waals surface area contributed by atoms with Gasteiger partial charge in [0.2, 0.25) is 0 Å². The molecule has 2 aliphatic heterocycles. The largest absolute Gasteiger partial charge is 0.334 e. The highest BCUT2D eigenvalue weighted by Gasteiger charge is 2.34. The topological polar surface area (TPSA) is 75.4 Å². The van der Waals surface area contributed by atoms with Gasteiger partial charge >= 0.3 is 0 Å². The highest BCUT2D eigenvalue weighted by atomic mass is 16.2. The molecule has 2 fully saturated rings. The van der Waals surface area contributed by atoms with E-state index in [1.54, 1.807) is 16.9 Å². The molecule has 0 radical (unpaired) electrons. The summed E-state index contributed by atoms with van der Waals surface area (Å²) in [6.07, 6.45) is 11.1. The highest BCUT2D eigenvalue weighted by molar-refractivity contribution is 5.96. The van der Waals surface area contributed by atoms with Crippen LogP contribution in [0.1, 0.15) is 42.5 Å². The molecule has 1 aromatic carbocycles. The van der Waals surface area contributed by atoms with E-state index in [4.69, 9.17) is 4.98 Å². The molecule has 2 atom stereocenters. The van der Waals surface area contributed by atoms with Crippen LogP contribution in [0.4, 0.5) is 0 Å². The number of nitrogens with zero attached hydrogens (tertiary/aromatic N) is 5. The molecular formula is C27H28N6O. The molecule has 7 heteroatoms. The average molecular weight is 453 g/mol. The van der Waals surface area contributed by atoms with Gasteiger partial charge in [0.25, 0.3) is 5.91 Å². The molecule has 0 aliphatic carbocycles. The minimum atomic E-state index is 0.0939. The Bertz CT molecular complexity index is 1310. The van der Waals surface area contributed by atoms with Crippen molar-refractivity contribution in [2.45, 2.75) is 44.2 Å². The van der Waals surface area contributed by atoms with Crippen LogP contribution < -0.4 is 5.32 Å². The summed E-state index contributed by atoms with van der Waals surface area (Å²) in [6.45, 7) is 1.87. The van der Waals surface area contributed by atoms with Gasteiger partial charge in [-0.05, 0) is 56.8 Å². The molecule has 2 aliphatic rings. The Labute approximate surface area is 198 Å². The van der Waals surface area contributed by atoms with Crippen molar-refractivity contribution < 1.29 is 4.79 Å². The fourth-order valence-electron chi connectivity index (χ4n) is 5.36. The first-order chi connectivity index (χ1) is 16.8. The van der Waals surface area contributed by atoms with Crippen molar-refractivity contribution >= 4 is 11.6 Å². The molecule has 6 rings (SSSR count). The van der Waals surface area contributed by atoms with Crippen LogP contribution in [0.2, 0.25) is 0 Å². The quantitative estimate of drug-likeness (QED) is 0.502. The van der Waals surface area contributed by atoms with Crippen LogP contribution in [0.15, 0.2) is 67.1 Å². The Morgan fingerprint density at radius 1 is 1.00 bits per heavy atom. The number of carbonyl (C=O) groups excluding carboxylic acids is 1. The molecule has 0 saturated carbocycles. The van der Waals surface area contributed by atoms with E-state index in [1.165, 1.54) is 12.8 Å². The smallest absolute Gasteiger partial charge is 0.254 e. The van der Waals surface area contributed by atoms with Gasteiger partial charge in [0.1, 0.15) is 0 Å². The SMILES string of the molecule is O=C(c1ccnc(-c2cnn3ccc(-c4ccccc4)nc23)c1)N1CCCC[C@@H]1[C@@H]1CCCN1. The maximum absolute atomic E-state index is 13.6. The van der Waals surface area contributed by atoms with Crippen molar-refractivity contribution in [3.63, 3.8) is 0 Å². The maximum Gasteiger partial charge on any atom is 0.254 e. The predicted octanol–water partition coefficient (Wildman–Crippen LogP) is 4.21. The molecule has 2 saturated heterocycles. The van der Waals surface area contributed by atoms with Gasteiger partial charge in [-0.3, -0.25) is 9.78 Å². The van der Waals surface area contributed by atoms with Gasteiger partial charge in [0.15, 0.2) is 5.65 Å². The second kappa shape index (κ2) is 8.99. The zero-order valence-electron chi connectivity index (χ0n) is 19.1. The third kappa shape index (κ3) is 3.86. The number of carbonyl (C=O) groups is 1. The van der Waals surface area contributed by atoms with E-state index < -0.39 is 0 Å². The fourth-order valence-corrected chi connectivity index (χ4v) is 5.36. The van der Waals surface area contributed by atoms with Gasteiger partial charge in [0, 0.05) is 42.1 Å². The van der Waals surface area contributed by atoms with Crippen LogP contribution in [-0.4, -0.2) is 55.6 Å². The number of fused-ring (bicyclic) bond motifs is 1. The molecule has 172 valence electrons. The van der Waals surface area contributed by atoms with Crippen molar-refractivity contribution in [1.82, 2.24) is 29.8 Å². The number of hydrogen-bond donors (Lipinski definition) is 1. The molecule has 3 aromatic heterocycles. The lowest BCUT2D eigenvalue weighted by atomic mass is 9.93. The molecular weight excluding hydrogens is 424 g/mol. The van der Waals surface area contributed by atoms with Crippen LogP contribution in [0.5, 0.6) is 0 Å². The molecule has 0 spiro atoms. The summed E-state index contributed by atoms with van der Waals surface area (Å²) in [5.41, 5.74) is 4.86. The van der Waals surface area contributed by atoms with Crippen molar-refractivity contribution in [2.75, 3.05) is 13.1 Å². The van der Waals surface area contributed by atoms with Crippen molar-refractivity contribution in [1.29, 1.82) is 0 Å². The highest BCUT2D eigenvalue weighted by Crippen LogP contribution is 2.28. The zero-order chi connectivity index (χ0) is 22.9. The summed E-state index contributed by atoms with van der Waals surface area (Å²) in [7, 11) is 0. The fraction of sp³-hybridized carbons (Fsp3) is 0.333.